The zero-order chi connectivity index (χ0) is 17.7. The average Bonchev–Trinajstić information content (AvgIpc) is 2.56. The predicted octanol–water partition coefficient (Wildman–Crippen LogP) is 3.27. The van der Waals surface area contributed by atoms with Crippen LogP contribution in [-0.2, 0) is 4.79 Å². The molecular weight excluding hydrogens is 352 g/mol. The molecule has 3 N–H and O–H groups in total. The van der Waals surface area contributed by atoms with Gasteiger partial charge < -0.3 is 10.6 Å². The van der Waals surface area contributed by atoms with E-state index in [9.17, 15) is 9.18 Å². The van der Waals surface area contributed by atoms with Gasteiger partial charge in [0.1, 0.15) is 11.9 Å². The number of nitriles is 1. The molecule has 0 aliphatic rings. The number of halogens is 3. The van der Waals surface area contributed by atoms with Crippen molar-refractivity contribution in [2.45, 2.75) is 13.0 Å². The number of nitrogens with one attached hydrogen (secondary N) is 1. The summed E-state index contributed by atoms with van der Waals surface area (Å²) in [5.74, 6) is -0.754. The Hall–Kier alpha value is -2.13. The minimum atomic E-state index is -0.543. The first-order valence-corrected chi connectivity index (χ1v) is 7.94. The first-order valence-electron chi connectivity index (χ1n) is 7.18. The fourth-order valence-corrected chi connectivity index (χ4v) is 2.69. The molecule has 0 saturated carbocycles. The number of anilines is 1. The lowest BCUT2D eigenvalue weighted by atomic mass is 10.1. The van der Waals surface area contributed by atoms with E-state index in [1.54, 1.807) is 29.6 Å². The fraction of sp³-hybridized carbons (Fsp3) is 0.176. The zero-order valence-electron chi connectivity index (χ0n) is 12.8. The van der Waals surface area contributed by atoms with E-state index in [2.05, 4.69) is 5.32 Å². The van der Waals surface area contributed by atoms with E-state index >= 15 is 0 Å². The van der Waals surface area contributed by atoms with Gasteiger partial charge in [-0.25, -0.2) is 4.39 Å². The van der Waals surface area contributed by atoms with Crippen molar-refractivity contribution < 1.29 is 14.5 Å². The van der Waals surface area contributed by atoms with Gasteiger partial charge in [0.25, 0.3) is 5.91 Å². The Kier molecular flexibility index (Phi) is 6.16. The number of rotatable bonds is 5. The van der Waals surface area contributed by atoms with Gasteiger partial charge in [-0.1, -0.05) is 23.2 Å². The SMILES string of the molecule is C[C@H]([NH2+]CC(=O)Nc1ccc(C#N)cc1)c1cc(F)c(Cl)cc1Cl. The molecule has 7 heteroatoms. The Labute approximate surface area is 149 Å². The number of carbonyl (C=O) groups excluding carboxylic acids is 1. The van der Waals surface area contributed by atoms with E-state index in [4.69, 9.17) is 28.5 Å². The van der Waals surface area contributed by atoms with E-state index in [1.807, 2.05) is 13.0 Å². The highest BCUT2D eigenvalue weighted by Crippen LogP contribution is 2.27. The Balaban J connectivity index is 1.93. The second-order valence-electron chi connectivity index (χ2n) is 5.25. The molecule has 2 aromatic carbocycles. The summed E-state index contributed by atoms with van der Waals surface area (Å²) >= 11 is 11.7. The molecule has 0 radical (unpaired) electrons. The monoisotopic (exact) mass is 366 g/mol. The van der Waals surface area contributed by atoms with Crippen LogP contribution in [0.2, 0.25) is 10.0 Å². The van der Waals surface area contributed by atoms with Crippen molar-refractivity contribution in [2.24, 2.45) is 0 Å². The topological polar surface area (TPSA) is 69.5 Å². The maximum Gasteiger partial charge on any atom is 0.279 e. The number of amides is 1. The number of quaternary nitrogens is 1. The summed E-state index contributed by atoms with van der Waals surface area (Å²) < 4.78 is 13.6. The Morgan fingerprint density at radius 3 is 2.58 bits per heavy atom. The minimum Gasteiger partial charge on any atom is -0.332 e. The van der Waals surface area contributed by atoms with Crippen molar-refractivity contribution >= 4 is 34.8 Å². The van der Waals surface area contributed by atoms with Gasteiger partial charge in [0.2, 0.25) is 0 Å². The molecule has 1 atom stereocenters. The molecule has 0 aliphatic heterocycles. The van der Waals surface area contributed by atoms with E-state index < -0.39 is 5.82 Å². The molecule has 0 heterocycles. The summed E-state index contributed by atoms with van der Waals surface area (Å²) in [4.78, 5) is 12.0. The quantitative estimate of drug-likeness (QED) is 0.797. The van der Waals surface area contributed by atoms with Gasteiger partial charge >= 0.3 is 0 Å². The van der Waals surface area contributed by atoms with Gasteiger partial charge in [-0.2, -0.15) is 5.26 Å². The van der Waals surface area contributed by atoms with Gasteiger partial charge in [-0.05, 0) is 43.3 Å². The van der Waals surface area contributed by atoms with Crippen molar-refractivity contribution in [1.82, 2.24) is 0 Å². The first-order chi connectivity index (χ1) is 11.4. The summed E-state index contributed by atoms with van der Waals surface area (Å²) in [6.45, 7) is 1.96. The summed E-state index contributed by atoms with van der Waals surface area (Å²) in [5, 5.41) is 13.5. The third-order valence-electron chi connectivity index (χ3n) is 3.48. The molecule has 0 saturated heterocycles. The predicted molar refractivity (Wildman–Crippen MR) is 91.4 cm³/mol. The van der Waals surface area contributed by atoms with Crippen molar-refractivity contribution in [3.8, 4) is 6.07 Å². The van der Waals surface area contributed by atoms with Crippen molar-refractivity contribution in [3.63, 3.8) is 0 Å². The smallest absolute Gasteiger partial charge is 0.279 e. The lowest BCUT2D eigenvalue weighted by Gasteiger charge is -2.13. The lowest BCUT2D eigenvalue weighted by Crippen LogP contribution is -2.86. The highest BCUT2D eigenvalue weighted by Gasteiger charge is 2.17. The lowest BCUT2D eigenvalue weighted by molar-refractivity contribution is -0.682. The van der Waals surface area contributed by atoms with Gasteiger partial charge in [0.15, 0.2) is 6.54 Å². The van der Waals surface area contributed by atoms with Crippen LogP contribution in [0.25, 0.3) is 0 Å². The van der Waals surface area contributed by atoms with E-state index in [1.165, 1.54) is 12.1 Å². The third-order valence-corrected chi connectivity index (χ3v) is 4.10. The number of benzene rings is 2. The molecule has 0 fully saturated rings. The minimum absolute atomic E-state index is 0.0329. The second-order valence-corrected chi connectivity index (χ2v) is 6.07. The maximum absolute atomic E-state index is 13.6. The van der Waals surface area contributed by atoms with Crippen LogP contribution in [0.4, 0.5) is 10.1 Å². The number of hydrogen-bond acceptors (Lipinski definition) is 2. The highest BCUT2D eigenvalue weighted by atomic mass is 35.5. The normalized spacial score (nSPS) is 11.6. The van der Waals surface area contributed by atoms with Gasteiger partial charge in [0.05, 0.1) is 21.7 Å². The van der Waals surface area contributed by atoms with Crippen LogP contribution in [0.5, 0.6) is 0 Å². The van der Waals surface area contributed by atoms with Crippen molar-refractivity contribution in [3.05, 3.63) is 63.4 Å². The molecule has 0 bridgehead atoms. The zero-order valence-corrected chi connectivity index (χ0v) is 14.3. The molecule has 0 spiro atoms. The average molecular weight is 367 g/mol. The van der Waals surface area contributed by atoms with Crippen LogP contribution in [0.15, 0.2) is 36.4 Å². The molecule has 0 aromatic heterocycles. The van der Waals surface area contributed by atoms with Crippen LogP contribution in [0, 0.1) is 17.1 Å². The first kappa shape index (κ1) is 18.2. The molecule has 2 rings (SSSR count). The second kappa shape index (κ2) is 8.11. The van der Waals surface area contributed by atoms with Crippen LogP contribution in [0.3, 0.4) is 0 Å². The van der Waals surface area contributed by atoms with Crippen LogP contribution < -0.4 is 10.6 Å². The Morgan fingerprint density at radius 2 is 1.96 bits per heavy atom. The number of nitrogens with two attached hydrogens (primary N) is 1. The molecule has 0 unspecified atom stereocenters. The third kappa shape index (κ3) is 4.68. The molecular formula is C17H15Cl2FN3O+. The van der Waals surface area contributed by atoms with Gasteiger partial charge in [-0.15, -0.1) is 0 Å². The van der Waals surface area contributed by atoms with Crippen LogP contribution >= 0.6 is 23.2 Å². The number of nitrogens with zero attached hydrogens (tertiary/aromatic N) is 1. The highest BCUT2D eigenvalue weighted by molar-refractivity contribution is 6.35. The van der Waals surface area contributed by atoms with E-state index in [0.29, 0.717) is 21.8 Å². The fourth-order valence-electron chi connectivity index (χ4n) is 2.14. The van der Waals surface area contributed by atoms with Gasteiger partial charge in [-0.3, -0.25) is 4.79 Å². The van der Waals surface area contributed by atoms with Crippen LogP contribution in [-0.4, -0.2) is 12.5 Å². The molecule has 4 nitrogen and oxygen atoms in total. The largest absolute Gasteiger partial charge is 0.332 e. The van der Waals surface area contributed by atoms with E-state index in [0.717, 1.165) is 0 Å². The summed E-state index contributed by atoms with van der Waals surface area (Å²) in [5.41, 5.74) is 1.70. The maximum atomic E-state index is 13.6. The molecule has 24 heavy (non-hydrogen) atoms. The van der Waals surface area contributed by atoms with Crippen molar-refractivity contribution in [2.75, 3.05) is 11.9 Å². The molecule has 124 valence electrons. The summed E-state index contributed by atoms with van der Waals surface area (Å²) in [6, 6.07) is 11.0. The molecule has 0 aliphatic carbocycles. The van der Waals surface area contributed by atoms with Crippen molar-refractivity contribution in [1.29, 1.82) is 5.26 Å². The number of hydrogen-bond donors (Lipinski definition) is 2. The Bertz CT molecular complexity index is 788. The Morgan fingerprint density at radius 1 is 1.29 bits per heavy atom. The summed E-state index contributed by atoms with van der Waals surface area (Å²) in [7, 11) is 0. The summed E-state index contributed by atoms with van der Waals surface area (Å²) in [6.07, 6.45) is 0. The molecule has 2 aromatic rings. The van der Waals surface area contributed by atoms with E-state index in [-0.39, 0.29) is 23.5 Å². The molecule has 1 amide bonds. The standard InChI is InChI=1S/C17H14Cl2FN3O/c1-10(13-6-16(20)15(19)7-14(13)18)22-9-17(24)23-12-4-2-11(8-21)3-5-12/h2-7,10,22H,9H2,1H3,(H,23,24)/p+1/t10-/m0/s1. The van der Waals surface area contributed by atoms with Gasteiger partial charge in [0, 0.05) is 11.3 Å². The van der Waals surface area contributed by atoms with Crippen LogP contribution in [0.1, 0.15) is 24.1 Å². The number of carbonyl (C=O) groups is 1.